The van der Waals surface area contributed by atoms with Gasteiger partial charge in [-0.1, -0.05) is 75.7 Å². The van der Waals surface area contributed by atoms with Crippen molar-refractivity contribution in [3.8, 4) is 17.1 Å². The number of aromatic amines is 1. The summed E-state index contributed by atoms with van der Waals surface area (Å²) in [7, 11) is 0. The first-order valence-electron chi connectivity index (χ1n) is 10.8. The summed E-state index contributed by atoms with van der Waals surface area (Å²) in [4.78, 5) is 20.1. The Morgan fingerprint density at radius 2 is 1.63 bits per heavy atom. The zero-order chi connectivity index (χ0) is 21.3. The number of carbonyl (C=O) groups excluding carboxylic acids is 1. The third-order valence-electron chi connectivity index (χ3n) is 6.07. The van der Waals surface area contributed by atoms with E-state index in [-0.39, 0.29) is 11.8 Å². The van der Waals surface area contributed by atoms with E-state index >= 15 is 0 Å². The SMILES string of the molecule is CCCCc1ccc(C2=NC(=O)c3c(-c4ccc(C(C)CC)cc4)[nH]c(O)c32)cc1. The number of amides is 1. The molecule has 4 heteroatoms. The number of aliphatic imine (C=N–C) groups is 1. The van der Waals surface area contributed by atoms with Gasteiger partial charge in [0.1, 0.15) is 0 Å². The van der Waals surface area contributed by atoms with Crippen molar-refractivity contribution >= 4 is 11.6 Å². The van der Waals surface area contributed by atoms with Gasteiger partial charge in [-0.25, -0.2) is 4.99 Å². The maximum absolute atomic E-state index is 12.8. The molecule has 1 amide bonds. The van der Waals surface area contributed by atoms with Crippen molar-refractivity contribution < 1.29 is 9.90 Å². The number of aromatic hydroxyl groups is 1. The number of carbonyl (C=O) groups is 1. The molecule has 154 valence electrons. The molecule has 4 rings (SSSR count). The molecule has 2 aromatic carbocycles. The first-order valence-corrected chi connectivity index (χ1v) is 10.8. The van der Waals surface area contributed by atoms with Gasteiger partial charge in [-0.3, -0.25) is 4.79 Å². The van der Waals surface area contributed by atoms with Gasteiger partial charge in [0.15, 0.2) is 5.88 Å². The average molecular weight is 401 g/mol. The molecule has 0 aliphatic carbocycles. The highest BCUT2D eigenvalue weighted by Crippen LogP contribution is 2.38. The highest BCUT2D eigenvalue weighted by atomic mass is 16.3. The molecule has 30 heavy (non-hydrogen) atoms. The topological polar surface area (TPSA) is 65.5 Å². The molecule has 0 fully saturated rings. The summed E-state index contributed by atoms with van der Waals surface area (Å²) in [6.45, 7) is 6.55. The van der Waals surface area contributed by atoms with Crippen LogP contribution in [0.15, 0.2) is 53.5 Å². The van der Waals surface area contributed by atoms with Gasteiger partial charge in [0.2, 0.25) is 0 Å². The number of fused-ring (bicyclic) bond motifs is 1. The van der Waals surface area contributed by atoms with Crippen LogP contribution in [0.25, 0.3) is 11.3 Å². The molecule has 4 nitrogen and oxygen atoms in total. The zero-order valence-electron chi connectivity index (χ0n) is 17.8. The van der Waals surface area contributed by atoms with E-state index in [1.54, 1.807) is 0 Å². The number of nitrogens with zero attached hydrogens (tertiary/aromatic N) is 1. The van der Waals surface area contributed by atoms with Gasteiger partial charge in [-0.15, -0.1) is 0 Å². The molecule has 1 atom stereocenters. The summed E-state index contributed by atoms with van der Waals surface area (Å²) >= 11 is 0. The summed E-state index contributed by atoms with van der Waals surface area (Å²) in [5.41, 5.74) is 6.37. The average Bonchev–Trinajstić information content (AvgIpc) is 3.30. The Bertz CT molecular complexity index is 1090. The van der Waals surface area contributed by atoms with E-state index in [4.69, 9.17) is 0 Å². The van der Waals surface area contributed by atoms with Crippen LogP contribution in [0.1, 0.15) is 78.6 Å². The van der Waals surface area contributed by atoms with Crippen LogP contribution in [-0.2, 0) is 6.42 Å². The Hall–Kier alpha value is -3.14. The normalized spacial score (nSPS) is 14.0. The van der Waals surface area contributed by atoms with Crippen LogP contribution >= 0.6 is 0 Å². The van der Waals surface area contributed by atoms with E-state index < -0.39 is 0 Å². The van der Waals surface area contributed by atoms with Crippen molar-refractivity contribution in [3.63, 3.8) is 0 Å². The van der Waals surface area contributed by atoms with Crippen molar-refractivity contribution in [2.24, 2.45) is 4.99 Å². The van der Waals surface area contributed by atoms with Crippen LogP contribution in [0.2, 0.25) is 0 Å². The fraction of sp³-hybridized carbons (Fsp3) is 0.308. The number of rotatable bonds is 7. The van der Waals surface area contributed by atoms with Gasteiger partial charge in [-0.05, 0) is 41.9 Å². The van der Waals surface area contributed by atoms with Gasteiger partial charge in [0.25, 0.3) is 5.91 Å². The molecule has 3 aromatic rings. The summed E-state index contributed by atoms with van der Waals surface area (Å²) in [5.74, 6) is 0.164. The number of unbranched alkanes of at least 4 members (excludes halogenated alkanes) is 1. The van der Waals surface area contributed by atoms with Crippen molar-refractivity contribution in [1.29, 1.82) is 0 Å². The summed E-state index contributed by atoms with van der Waals surface area (Å²) in [6, 6.07) is 16.3. The van der Waals surface area contributed by atoms with Crippen molar-refractivity contribution in [2.45, 2.75) is 52.4 Å². The second-order valence-electron chi connectivity index (χ2n) is 8.10. The lowest BCUT2D eigenvalue weighted by Gasteiger charge is -2.09. The maximum Gasteiger partial charge on any atom is 0.280 e. The van der Waals surface area contributed by atoms with E-state index in [9.17, 15) is 9.90 Å². The fourth-order valence-corrected chi connectivity index (χ4v) is 3.99. The molecule has 1 aliphatic heterocycles. The Labute approximate surface area is 177 Å². The molecule has 0 bridgehead atoms. The molecule has 2 heterocycles. The lowest BCUT2D eigenvalue weighted by Crippen LogP contribution is -2.00. The predicted octanol–water partition coefficient (Wildman–Crippen LogP) is 6.23. The largest absolute Gasteiger partial charge is 0.494 e. The van der Waals surface area contributed by atoms with Crippen molar-refractivity contribution in [2.75, 3.05) is 0 Å². The highest BCUT2D eigenvalue weighted by molar-refractivity contribution is 6.30. The maximum atomic E-state index is 12.8. The van der Waals surface area contributed by atoms with Gasteiger partial charge in [0, 0.05) is 5.56 Å². The number of hydrogen-bond donors (Lipinski definition) is 2. The highest BCUT2D eigenvalue weighted by Gasteiger charge is 2.33. The van der Waals surface area contributed by atoms with E-state index in [2.05, 4.69) is 55.0 Å². The van der Waals surface area contributed by atoms with Crippen LogP contribution in [-0.4, -0.2) is 21.7 Å². The van der Waals surface area contributed by atoms with E-state index in [0.717, 1.165) is 36.8 Å². The first kappa shape index (κ1) is 20.1. The molecule has 0 radical (unpaired) electrons. The van der Waals surface area contributed by atoms with Gasteiger partial charge in [0.05, 0.1) is 22.5 Å². The smallest absolute Gasteiger partial charge is 0.280 e. The van der Waals surface area contributed by atoms with E-state index in [0.29, 0.717) is 28.5 Å². The second kappa shape index (κ2) is 8.31. The predicted molar refractivity (Wildman–Crippen MR) is 122 cm³/mol. The minimum absolute atomic E-state index is 0.00865. The molecule has 2 N–H and O–H groups in total. The van der Waals surface area contributed by atoms with Gasteiger partial charge < -0.3 is 10.1 Å². The molecule has 1 aliphatic rings. The standard InChI is InChI=1S/C26H28N2O2/c1-4-6-7-17-8-10-19(11-9-17)23-21-22(26(30)27-23)24(28-25(21)29)20-14-12-18(13-15-20)16(3)5-2/h8-16,28-29H,4-7H2,1-3H3. The van der Waals surface area contributed by atoms with Crippen LogP contribution in [0.4, 0.5) is 0 Å². The monoisotopic (exact) mass is 400 g/mol. The van der Waals surface area contributed by atoms with Crippen molar-refractivity contribution in [1.82, 2.24) is 4.98 Å². The fourth-order valence-electron chi connectivity index (χ4n) is 3.99. The number of H-pyrrole nitrogens is 1. The Morgan fingerprint density at radius 1 is 0.967 bits per heavy atom. The number of hydrogen-bond acceptors (Lipinski definition) is 2. The molecule has 0 spiro atoms. The quantitative estimate of drug-likeness (QED) is 0.493. The Kier molecular flexibility index (Phi) is 5.58. The third-order valence-corrected chi connectivity index (χ3v) is 6.07. The summed E-state index contributed by atoms with van der Waals surface area (Å²) in [6.07, 6.45) is 4.43. The third kappa shape index (κ3) is 3.58. The minimum atomic E-state index is -0.312. The van der Waals surface area contributed by atoms with E-state index in [1.807, 2.05) is 24.3 Å². The lowest BCUT2D eigenvalue weighted by molar-refractivity contribution is 0.101. The van der Waals surface area contributed by atoms with Gasteiger partial charge >= 0.3 is 0 Å². The molecular weight excluding hydrogens is 372 g/mol. The number of benzene rings is 2. The van der Waals surface area contributed by atoms with E-state index in [1.165, 1.54) is 11.1 Å². The van der Waals surface area contributed by atoms with Crippen molar-refractivity contribution in [3.05, 3.63) is 76.3 Å². The van der Waals surface area contributed by atoms with Crippen LogP contribution in [0.5, 0.6) is 5.88 Å². The van der Waals surface area contributed by atoms with Crippen LogP contribution in [0, 0.1) is 0 Å². The molecular formula is C26H28N2O2. The second-order valence-corrected chi connectivity index (χ2v) is 8.10. The molecule has 1 unspecified atom stereocenters. The summed E-state index contributed by atoms with van der Waals surface area (Å²) < 4.78 is 0. The van der Waals surface area contributed by atoms with Crippen LogP contribution in [0.3, 0.4) is 0 Å². The summed E-state index contributed by atoms with van der Waals surface area (Å²) in [5, 5.41) is 10.6. The number of nitrogens with one attached hydrogen (secondary N) is 1. The molecule has 1 aromatic heterocycles. The molecule has 0 saturated heterocycles. The zero-order valence-corrected chi connectivity index (χ0v) is 17.8. The lowest BCUT2D eigenvalue weighted by atomic mass is 9.95. The molecule has 0 saturated carbocycles. The Balaban J connectivity index is 1.68. The van der Waals surface area contributed by atoms with Crippen LogP contribution < -0.4 is 0 Å². The number of aromatic nitrogens is 1. The van der Waals surface area contributed by atoms with Gasteiger partial charge in [-0.2, -0.15) is 0 Å². The first-order chi connectivity index (χ1) is 14.5. The number of aryl methyl sites for hydroxylation is 1. The Morgan fingerprint density at radius 3 is 2.27 bits per heavy atom. The minimum Gasteiger partial charge on any atom is -0.494 e.